The van der Waals surface area contributed by atoms with Crippen LogP contribution in [0.3, 0.4) is 0 Å². The molecule has 8 nitrogen and oxygen atoms in total. The number of nitrogens with one attached hydrogen (secondary N) is 1. The number of hydrazone groups is 1. The summed E-state index contributed by atoms with van der Waals surface area (Å²) in [4.78, 5) is 1.87. The van der Waals surface area contributed by atoms with E-state index in [1.54, 1.807) is 6.07 Å². The van der Waals surface area contributed by atoms with Crippen molar-refractivity contribution in [1.82, 2.24) is 10.7 Å². The van der Waals surface area contributed by atoms with Gasteiger partial charge in [0.2, 0.25) is 0 Å². The summed E-state index contributed by atoms with van der Waals surface area (Å²) in [6.45, 7) is 1.32. The molecule has 0 spiro atoms. The molecule has 0 bridgehead atoms. The minimum atomic E-state index is -0.697. The first kappa shape index (κ1) is 15.4. The second kappa shape index (κ2) is 6.31. The summed E-state index contributed by atoms with van der Waals surface area (Å²) in [5.74, 6) is 4.71. The number of benzene rings is 1. The van der Waals surface area contributed by atoms with Gasteiger partial charge in [0.15, 0.2) is 11.7 Å². The second-order valence-corrected chi connectivity index (χ2v) is 5.19. The Bertz CT molecular complexity index is 737. The van der Waals surface area contributed by atoms with Crippen molar-refractivity contribution >= 4 is 23.1 Å². The molecule has 23 heavy (non-hydrogen) atoms. The number of aromatic nitrogens is 1. The van der Waals surface area contributed by atoms with Crippen LogP contribution in [0.1, 0.15) is 11.3 Å². The number of halogens is 2. The zero-order valence-corrected chi connectivity index (χ0v) is 12.7. The summed E-state index contributed by atoms with van der Waals surface area (Å²) in [6.07, 6.45) is 1.47. The van der Waals surface area contributed by atoms with Gasteiger partial charge in [-0.1, -0.05) is 16.8 Å². The molecule has 1 aliphatic rings. The summed E-state index contributed by atoms with van der Waals surface area (Å²) < 4.78 is 24.9. The Morgan fingerprint density at radius 3 is 3.09 bits per heavy atom. The predicted molar refractivity (Wildman–Crippen MR) is 82.5 cm³/mol. The highest BCUT2D eigenvalue weighted by molar-refractivity contribution is 6.31. The molecule has 2 heterocycles. The smallest absolute Gasteiger partial charge is 0.157 e. The minimum absolute atomic E-state index is 0.0219. The van der Waals surface area contributed by atoms with Gasteiger partial charge in [0.25, 0.3) is 0 Å². The van der Waals surface area contributed by atoms with Crippen LogP contribution in [0.4, 0.5) is 10.1 Å². The molecule has 0 aliphatic carbocycles. The lowest BCUT2D eigenvalue weighted by Gasteiger charge is -2.32. The highest BCUT2D eigenvalue weighted by Crippen LogP contribution is 2.40. The topological polar surface area (TPSA) is 115 Å². The van der Waals surface area contributed by atoms with Gasteiger partial charge in [-0.3, -0.25) is 0 Å². The predicted octanol–water partition coefficient (Wildman–Crippen LogP) is 0.950. The van der Waals surface area contributed by atoms with Crippen LogP contribution >= 0.6 is 11.6 Å². The quantitative estimate of drug-likeness (QED) is 0.328. The molecule has 1 aliphatic heterocycles. The van der Waals surface area contributed by atoms with Gasteiger partial charge >= 0.3 is 0 Å². The Hall–Kier alpha value is -2.52. The fraction of sp³-hybridized carbons (Fsp3) is 0.231. The molecular formula is C13H14ClFN6O2. The van der Waals surface area contributed by atoms with Crippen molar-refractivity contribution < 1.29 is 13.7 Å². The lowest BCUT2D eigenvalue weighted by molar-refractivity contribution is 0.305. The van der Waals surface area contributed by atoms with Gasteiger partial charge < -0.3 is 19.9 Å². The van der Waals surface area contributed by atoms with Gasteiger partial charge in [0.1, 0.15) is 24.3 Å². The maximum atomic E-state index is 14.5. The van der Waals surface area contributed by atoms with E-state index in [0.717, 1.165) is 0 Å². The van der Waals surface area contributed by atoms with E-state index in [9.17, 15) is 4.39 Å². The van der Waals surface area contributed by atoms with E-state index in [-0.39, 0.29) is 16.4 Å². The Morgan fingerprint density at radius 2 is 2.39 bits per heavy atom. The normalized spacial score (nSPS) is 14.4. The fourth-order valence-electron chi connectivity index (χ4n) is 2.43. The molecule has 0 amide bonds. The molecule has 122 valence electrons. The number of hydrogen-bond donors (Lipinski definition) is 3. The molecule has 0 saturated heterocycles. The number of hydrogen-bond acceptors (Lipinski definition) is 7. The molecule has 1 aromatic carbocycles. The summed E-state index contributed by atoms with van der Waals surface area (Å²) in [5.41, 5.74) is 9.02. The SMILES string of the molecule is NN/N=C(\N)c1c(F)c(Cl)cc2c1N(Cc1ccon1)CCO2. The Balaban J connectivity index is 2.12. The summed E-state index contributed by atoms with van der Waals surface area (Å²) in [7, 11) is 0. The largest absolute Gasteiger partial charge is 0.489 e. The molecule has 1 aromatic heterocycles. The minimum Gasteiger partial charge on any atom is -0.489 e. The third kappa shape index (κ3) is 2.88. The van der Waals surface area contributed by atoms with Gasteiger partial charge in [-0.25, -0.2) is 15.8 Å². The maximum absolute atomic E-state index is 14.5. The highest BCUT2D eigenvalue weighted by atomic mass is 35.5. The fourth-order valence-corrected chi connectivity index (χ4v) is 2.62. The summed E-state index contributed by atoms with van der Waals surface area (Å²) >= 11 is 5.92. The van der Waals surface area contributed by atoms with Crippen molar-refractivity contribution in [2.75, 3.05) is 18.1 Å². The zero-order chi connectivity index (χ0) is 16.4. The van der Waals surface area contributed by atoms with E-state index in [0.29, 0.717) is 36.8 Å². The number of amidine groups is 1. The molecule has 3 rings (SSSR count). The van der Waals surface area contributed by atoms with Gasteiger partial charge in [0.05, 0.1) is 29.4 Å². The Kier molecular flexibility index (Phi) is 4.22. The van der Waals surface area contributed by atoms with Crippen LogP contribution in [-0.2, 0) is 6.54 Å². The van der Waals surface area contributed by atoms with Gasteiger partial charge in [-0.15, -0.1) is 5.10 Å². The Morgan fingerprint density at radius 1 is 1.57 bits per heavy atom. The molecule has 0 saturated carbocycles. The van der Waals surface area contributed by atoms with Crippen LogP contribution in [0.2, 0.25) is 5.02 Å². The number of fused-ring (bicyclic) bond motifs is 1. The average Bonchev–Trinajstić information content (AvgIpc) is 3.02. The van der Waals surface area contributed by atoms with Gasteiger partial charge in [-0.2, -0.15) is 0 Å². The molecule has 10 heteroatoms. The third-order valence-corrected chi connectivity index (χ3v) is 3.65. The first-order chi connectivity index (χ1) is 11.1. The standard InChI is InChI=1S/C13H14ClFN6O2/c14-8-5-9-12(10(11(8)15)13(16)18-20-17)21(2-4-22-9)6-7-1-3-23-19-7/h1,3,5,20H,2,4,6,17H2,(H2,16,18). The second-order valence-electron chi connectivity index (χ2n) is 4.78. The van der Waals surface area contributed by atoms with Crippen LogP contribution in [0.5, 0.6) is 5.75 Å². The van der Waals surface area contributed by atoms with E-state index >= 15 is 0 Å². The van der Waals surface area contributed by atoms with Crippen molar-refractivity contribution in [2.24, 2.45) is 16.7 Å². The average molecular weight is 341 g/mol. The van der Waals surface area contributed by atoms with Crippen molar-refractivity contribution in [3.63, 3.8) is 0 Å². The number of rotatable bonds is 4. The van der Waals surface area contributed by atoms with Crippen molar-refractivity contribution in [2.45, 2.75) is 6.54 Å². The molecule has 0 unspecified atom stereocenters. The van der Waals surface area contributed by atoms with E-state index in [1.807, 2.05) is 10.4 Å². The van der Waals surface area contributed by atoms with Crippen molar-refractivity contribution in [3.05, 3.63) is 40.5 Å². The monoisotopic (exact) mass is 340 g/mol. The van der Waals surface area contributed by atoms with Gasteiger partial charge in [-0.05, 0) is 0 Å². The van der Waals surface area contributed by atoms with Crippen LogP contribution < -0.4 is 26.7 Å². The lowest BCUT2D eigenvalue weighted by Crippen LogP contribution is -2.35. The van der Waals surface area contributed by atoms with Crippen LogP contribution in [0.25, 0.3) is 0 Å². The van der Waals surface area contributed by atoms with E-state index in [1.165, 1.54) is 12.3 Å². The number of nitrogens with two attached hydrogens (primary N) is 2. The van der Waals surface area contributed by atoms with Crippen molar-refractivity contribution in [3.8, 4) is 5.75 Å². The summed E-state index contributed by atoms with van der Waals surface area (Å²) in [5, 5.41) is 7.39. The van der Waals surface area contributed by atoms with Crippen LogP contribution in [0.15, 0.2) is 28.0 Å². The third-order valence-electron chi connectivity index (χ3n) is 3.38. The maximum Gasteiger partial charge on any atom is 0.157 e. The number of nitrogens with zero attached hydrogens (tertiary/aromatic N) is 3. The summed E-state index contributed by atoms with van der Waals surface area (Å²) in [6, 6.07) is 3.13. The number of hydrazine groups is 1. The number of anilines is 1. The van der Waals surface area contributed by atoms with E-state index < -0.39 is 5.82 Å². The molecular weight excluding hydrogens is 327 g/mol. The Labute approximate surface area is 135 Å². The zero-order valence-electron chi connectivity index (χ0n) is 11.9. The molecule has 0 atom stereocenters. The van der Waals surface area contributed by atoms with Crippen molar-refractivity contribution in [1.29, 1.82) is 0 Å². The highest BCUT2D eigenvalue weighted by Gasteiger charge is 2.28. The molecule has 5 N–H and O–H groups in total. The van der Waals surface area contributed by atoms with E-state index in [4.69, 9.17) is 32.4 Å². The first-order valence-electron chi connectivity index (χ1n) is 6.70. The van der Waals surface area contributed by atoms with Gasteiger partial charge in [0, 0.05) is 12.1 Å². The van der Waals surface area contributed by atoms with Crippen LogP contribution in [-0.4, -0.2) is 24.1 Å². The molecule has 0 radical (unpaired) electrons. The van der Waals surface area contributed by atoms with Crippen LogP contribution in [0, 0.1) is 5.82 Å². The van der Waals surface area contributed by atoms with E-state index in [2.05, 4.69) is 10.3 Å². The first-order valence-corrected chi connectivity index (χ1v) is 7.07. The molecule has 0 fully saturated rings. The molecule has 2 aromatic rings. The number of ether oxygens (including phenoxy) is 1. The lowest BCUT2D eigenvalue weighted by atomic mass is 10.1.